The average molecular weight is 447 g/mol. The molecule has 0 unspecified atom stereocenters. The second kappa shape index (κ2) is 9.74. The van der Waals surface area contributed by atoms with Gasteiger partial charge >= 0.3 is 6.18 Å². The Morgan fingerprint density at radius 3 is 2.42 bits per heavy atom. The van der Waals surface area contributed by atoms with E-state index in [1.54, 1.807) is 12.3 Å². The number of carbonyl (C=O) groups is 2. The number of amides is 2. The van der Waals surface area contributed by atoms with Gasteiger partial charge in [0, 0.05) is 17.5 Å². The number of alkyl halides is 3. The summed E-state index contributed by atoms with van der Waals surface area (Å²) in [6.07, 6.45) is -4.59. The number of aromatic nitrogens is 1. The monoisotopic (exact) mass is 447 g/mol. The van der Waals surface area contributed by atoms with E-state index < -0.39 is 17.6 Å². The molecule has 2 aromatic carbocycles. The molecule has 0 spiro atoms. The maximum absolute atomic E-state index is 13.1. The second-order valence-corrected chi connectivity index (χ2v) is 7.54. The highest BCUT2D eigenvalue weighted by Gasteiger charge is 2.33. The predicted molar refractivity (Wildman–Crippen MR) is 114 cm³/mol. The van der Waals surface area contributed by atoms with Crippen molar-refractivity contribution in [2.45, 2.75) is 19.5 Å². The molecule has 5 nitrogen and oxygen atoms in total. The van der Waals surface area contributed by atoms with Crippen LogP contribution in [0.2, 0.25) is 0 Å². The lowest BCUT2D eigenvalue weighted by Crippen LogP contribution is -2.39. The normalized spacial score (nSPS) is 11.2. The van der Waals surface area contributed by atoms with Gasteiger partial charge in [-0.2, -0.15) is 13.2 Å². The van der Waals surface area contributed by atoms with Gasteiger partial charge in [-0.25, -0.2) is 4.98 Å². The van der Waals surface area contributed by atoms with Crippen LogP contribution in [0, 0.1) is 0 Å². The van der Waals surface area contributed by atoms with Crippen molar-refractivity contribution in [1.29, 1.82) is 0 Å². The number of hydrogen-bond donors (Lipinski definition) is 1. The van der Waals surface area contributed by atoms with Gasteiger partial charge in [-0.1, -0.05) is 42.5 Å². The average Bonchev–Trinajstić information content (AvgIpc) is 3.20. The third-order valence-corrected chi connectivity index (χ3v) is 5.42. The molecule has 0 saturated carbocycles. The van der Waals surface area contributed by atoms with E-state index in [0.717, 1.165) is 16.6 Å². The van der Waals surface area contributed by atoms with E-state index in [1.807, 2.05) is 30.3 Å². The third-order valence-electron chi connectivity index (χ3n) is 4.48. The minimum absolute atomic E-state index is 0.00356. The third kappa shape index (κ3) is 5.91. The first-order valence-corrected chi connectivity index (χ1v) is 10.4. The van der Waals surface area contributed by atoms with Crippen LogP contribution in [0.15, 0.2) is 60.0 Å². The molecule has 0 bridgehead atoms. The van der Waals surface area contributed by atoms with Crippen molar-refractivity contribution in [2.75, 3.05) is 18.4 Å². The number of likely N-dealkylation sites (N-methyl/N-ethyl adjacent to an activating group) is 1. The lowest BCUT2D eigenvalue weighted by molar-refractivity contribution is -0.137. The summed E-state index contributed by atoms with van der Waals surface area (Å²) >= 11 is 1.42. The van der Waals surface area contributed by atoms with Crippen LogP contribution >= 0.6 is 11.3 Å². The summed E-state index contributed by atoms with van der Waals surface area (Å²) in [7, 11) is 0. The standard InChI is InChI=1S/C22H20F3N3O2S/c1-2-28(13-19(29)27-18-11-7-6-10-17(18)22(23,24)25)20(30)12-16-14-31-21(26-16)15-8-4-3-5-9-15/h3-11,14H,2,12-13H2,1H3,(H,27,29). The molecule has 31 heavy (non-hydrogen) atoms. The summed E-state index contributed by atoms with van der Waals surface area (Å²) in [6, 6.07) is 14.3. The molecule has 3 aromatic rings. The quantitative estimate of drug-likeness (QED) is 0.563. The lowest BCUT2D eigenvalue weighted by atomic mass is 10.1. The smallest absolute Gasteiger partial charge is 0.333 e. The topological polar surface area (TPSA) is 62.3 Å². The van der Waals surface area contributed by atoms with Crippen LogP contribution in [-0.4, -0.2) is 34.8 Å². The molecule has 162 valence electrons. The number of benzene rings is 2. The van der Waals surface area contributed by atoms with Gasteiger partial charge in [-0.15, -0.1) is 11.3 Å². The fourth-order valence-electron chi connectivity index (χ4n) is 2.95. The van der Waals surface area contributed by atoms with Gasteiger partial charge in [0.2, 0.25) is 11.8 Å². The van der Waals surface area contributed by atoms with Crippen molar-refractivity contribution in [1.82, 2.24) is 9.88 Å². The van der Waals surface area contributed by atoms with Crippen LogP contribution in [0.1, 0.15) is 18.2 Å². The van der Waals surface area contributed by atoms with Crippen molar-refractivity contribution in [2.24, 2.45) is 0 Å². The minimum atomic E-state index is -4.59. The van der Waals surface area contributed by atoms with Crippen molar-refractivity contribution in [3.63, 3.8) is 0 Å². The fraction of sp³-hybridized carbons (Fsp3) is 0.227. The second-order valence-electron chi connectivity index (χ2n) is 6.69. The van der Waals surface area contributed by atoms with Crippen molar-refractivity contribution in [3.8, 4) is 10.6 Å². The Balaban J connectivity index is 1.63. The van der Waals surface area contributed by atoms with Gasteiger partial charge in [-0.3, -0.25) is 9.59 Å². The van der Waals surface area contributed by atoms with Gasteiger partial charge in [0.1, 0.15) is 5.01 Å². The maximum Gasteiger partial charge on any atom is 0.418 e. The summed E-state index contributed by atoms with van der Waals surface area (Å²) in [5, 5.41) is 4.83. The molecule has 3 rings (SSSR count). The Bertz CT molecular complexity index is 1050. The molecule has 9 heteroatoms. The highest BCUT2D eigenvalue weighted by molar-refractivity contribution is 7.13. The van der Waals surface area contributed by atoms with E-state index in [9.17, 15) is 22.8 Å². The van der Waals surface area contributed by atoms with Crippen LogP contribution in [0.5, 0.6) is 0 Å². The molecule has 0 atom stereocenters. The van der Waals surface area contributed by atoms with Crippen LogP contribution in [-0.2, 0) is 22.2 Å². The number of nitrogens with zero attached hydrogens (tertiary/aromatic N) is 2. The molecule has 0 radical (unpaired) electrons. The first-order valence-electron chi connectivity index (χ1n) is 9.51. The summed E-state index contributed by atoms with van der Waals surface area (Å²) in [6.45, 7) is 1.59. The number of rotatable bonds is 7. The lowest BCUT2D eigenvalue weighted by Gasteiger charge is -2.21. The summed E-state index contributed by atoms with van der Waals surface area (Å²) in [5.74, 6) is -1.03. The number of anilines is 1. The molecule has 0 saturated heterocycles. The SMILES string of the molecule is CCN(CC(=O)Nc1ccccc1C(F)(F)F)C(=O)Cc1csc(-c2ccccc2)n1. The molecule has 1 N–H and O–H groups in total. The Kier molecular flexibility index (Phi) is 7.06. The summed E-state index contributed by atoms with van der Waals surface area (Å²) in [5.41, 5.74) is 0.250. The summed E-state index contributed by atoms with van der Waals surface area (Å²) in [4.78, 5) is 30.7. The minimum Gasteiger partial charge on any atom is -0.333 e. The zero-order valence-corrected chi connectivity index (χ0v) is 17.5. The molecule has 2 amide bonds. The van der Waals surface area contributed by atoms with Crippen LogP contribution in [0.25, 0.3) is 10.6 Å². The first-order chi connectivity index (χ1) is 14.8. The molecule has 0 aliphatic rings. The Morgan fingerprint density at radius 1 is 1.06 bits per heavy atom. The molecular weight excluding hydrogens is 427 g/mol. The predicted octanol–water partition coefficient (Wildman–Crippen LogP) is 4.86. The van der Waals surface area contributed by atoms with Crippen LogP contribution in [0.4, 0.5) is 18.9 Å². The number of nitrogens with one attached hydrogen (secondary N) is 1. The zero-order chi connectivity index (χ0) is 22.4. The van der Waals surface area contributed by atoms with Crippen molar-refractivity contribution < 1.29 is 22.8 Å². The van der Waals surface area contributed by atoms with E-state index in [1.165, 1.54) is 34.4 Å². The first kappa shape index (κ1) is 22.5. The number of para-hydroxylation sites is 1. The maximum atomic E-state index is 13.1. The molecule has 0 fully saturated rings. The van der Waals surface area contributed by atoms with E-state index >= 15 is 0 Å². The molecule has 1 aromatic heterocycles. The Labute approximate surface area is 181 Å². The van der Waals surface area contributed by atoms with Gasteiger partial charge < -0.3 is 10.2 Å². The van der Waals surface area contributed by atoms with E-state index in [0.29, 0.717) is 5.69 Å². The fourth-order valence-corrected chi connectivity index (χ4v) is 3.77. The zero-order valence-electron chi connectivity index (χ0n) is 16.6. The van der Waals surface area contributed by atoms with Gasteiger partial charge in [0.05, 0.1) is 29.9 Å². The molecule has 1 heterocycles. The van der Waals surface area contributed by atoms with Gasteiger partial charge in [-0.05, 0) is 19.1 Å². The number of carbonyl (C=O) groups excluding carboxylic acids is 2. The van der Waals surface area contributed by atoms with Crippen molar-refractivity contribution in [3.05, 3.63) is 71.2 Å². The van der Waals surface area contributed by atoms with E-state index in [2.05, 4.69) is 10.3 Å². The Hall–Kier alpha value is -3.20. The number of hydrogen-bond acceptors (Lipinski definition) is 4. The molecule has 0 aliphatic carbocycles. The molecular formula is C22H20F3N3O2S. The van der Waals surface area contributed by atoms with Gasteiger partial charge in [0.15, 0.2) is 0 Å². The number of halogens is 3. The highest BCUT2D eigenvalue weighted by Crippen LogP contribution is 2.34. The van der Waals surface area contributed by atoms with Gasteiger partial charge in [0.25, 0.3) is 0 Å². The Morgan fingerprint density at radius 2 is 1.74 bits per heavy atom. The van der Waals surface area contributed by atoms with Crippen LogP contribution < -0.4 is 5.32 Å². The number of thiazole rings is 1. The summed E-state index contributed by atoms with van der Waals surface area (Å²) < 4.78 is 39.3. The molecule has 0 aliphatic heterocycles. The van der Waals surface area contributed by atoms with Crippen molar-refractivity contribution >= 4 is 28.8 Å². The van der Waals surface area contributed by atoms with Crippen LogP contribution in [0.3, 0.4) is 0 Å². The van der Waals surface area contributed by atoms with E-state index in [4.69, 9.17) is 0 Å². The largest absolute Gasteiger partial charge is 0.418 e. The van der Waals surface area contributed by atoms with E-state index in [-0.39, 0.29) is 31.1 Å². The highest BCUT2D eigenvalue weighted by atomic mass is 32.1.